The maximum absolute atomic E-state index is 12.0. The average Bonchev–Trinajstić information content (AvgIpc) is 2.41. The summed E-state index contributed by atoms with van der Waals surface area (Å²) < 4.78 is 0. The number of aliphatic hydroxyl groups is 1. The summed E-state index contributed by atoms with van der Waals surface area (Å²) in [6.07, 6.45) is 5.56. The topological polar surface area (TPSA) is 49.3 Å². The van der Waals surface area contributed by atoms with E-state index >= 15 is 0 Å². The molecule has 3 heteroatoms. The molecule has 1 saturated carbocycles. The van der Waals surface area contributed by atoms with E-state index in [1.807, 2.05) is 30.3 Å². The highest BCUT2D eigenvalue weighted by atomic mass is 16.3. The lowest BCUT2D eigenvalue weighted by Crippen LogP contribution is -2.52. The molecular formula is C15H21NO2. The molecule has 1 fully saturated rings. The van der Waals surface area contributed by atoms with Crippen LogP contribution in [0, 0.1) is 0 Å². The Kier molecular flexibility index (Phi) is 4.37. The summed E-state index contributed by atoms with van der Waals surface area (Å²) in [7, 11) is 0. The third kappa shape index (κ3) is 3.33. The van der Waals surface area contributed by atoms with Crippen LogP contribution in [0.5, 0.6) is 0 Å². The average molecular weight is 247 g/mol. The molecule has 2 N–H and O–H groups in total. The molecule has 18 heavy (non-hydrogen) atoms. The van der Waals surface area contributed by atoms with E-state index in [1.54, 1.807) is 0 Å². The van der Waals surface area contributed by atoms with Gasteiger partial charge in [-0.15, -0.1) is 0 Å². The molecule has 1 aromatic rings. The minimum absolute atomic E-state index is 0.0113. The molecule has 0 aliphatic heterocycles. The summed E-state index contributed by atoms with van der Waals surface area (Å²) in [5, 5.41) is 12.6. The van der Waals surface area contributed by atoms with Crippen molar-refractivity contribution in [2.45, 2.75) is 44.1 Å². The number of nitrogens with one attached hydrogen (secondary N) is 1. The van der Waals surface area contributed by atoms with Crippen LogP contribution in [0.15, 0.2) is 30.3 Å². The predicted octanol–water partition coefficient (Wildman–Crippen LogP) is 2.04. The molecule has 0 spiro atoms. The lowest BCUT2D eigenvalue weighted by molar-refractivity contribution is -0.123. The minimum atomic E-state index is -0.371. The molecule has 0 bridgehead atoms. The van der Waals surface area contributed by atoms with E-state index in [1.165, 1.54) is 6.42 Å². The van der Waals surface area contributed by atoms with Crippen LogP contribution in [0.3, 0.4) is 0 Å². The molecule has 3 nitrogen and oxygen atoms in total. The zero-order valence-electron chi connectivity index (χ0n) is 10.7. The first-order valence-corrected chi connectivity index (χ1v) is 6.70. The molecule has 0 aromatic heterocycles. The van der Waals surface area contributed by atoms with E-state index in [2.05, 4.69) is 5.32 Å². The quantitative estimate of drug-likeness (QED) is 0.855. The second kappa shape index (κ2) is 6.01. The molecule has 1 aromatic carbocycles. The third-order valence-electron chi connectivity index (χ3n) is 3.73. The van der Waals surface area contributed by atoms with E-state index in [-0.39, 0.29) is 18.1 Å². The maximum Gasteiger partial charge on any atom is 0.224 e. The minimum Gasteiger partial charge on any atom is -0.394 e. The fourth-order valence-corrected chi connectivity index (χ4v) is 2.67. The Balaban J connectivity index is 1.93. The zero-order chi connectivity index (χ0) is 12.8. The van der Waals surface area contributed by atoms with Gasteiger partial charge in [0.1, 0.15) is 0 Å². The maximum atomic E-state index is 12.0. The van der Waals surface area contributed by atoms with Crippen molar-refractivity contribution in [3.8, 4) is 0 Å². The number of benzene rings is 1. The van der Waals surface area contributed by atoms with Gasteiger partial charge in [-0.2, -0.15) is 0 Å². The molecule has 0 unspecified atom stereocenters. The normalized spacial score (nSPS) is 18.3. The van der Waals surface area contributed by atoms with Gasteiger partial charge in [0.2, 0.25) is 5.91 Å². The van der Waals surface area contributed by atoms with Gasteiger partial charge in [-0.05, 0) is 18.4 Å². The first kappa shape index (κ1) is 13.1. The first-order chi connectivity index (χ1) is 8.74. The van der Waals surface area contributed by atoms with Crippen LogP contribution in [-0.4, -0.2) is 23.2 Å². The van der Waals surface area contributed by atoms with Crippen LogP contribution in [0.4, 0.5) is 0 Å². The highest BCUT2D eigenvalue weighted by molar-refractivity contribution is 5.79. The van der Waals surface area contributed by atoms with Crippen molar-refractivity contribution in [3.05, 3.63) is 35.9 Å². The zero-order valence-corrected chi connectivity index (χ0v) is 10.7. The van der Waals surface area contributed by atoms with Gasteiger partial charge in [-0.25, -0.2) is 0 Å². The van der Waals surface area contributed by atoms with Crippen molar-refractivity contribution < 1.29 is 9.90 Å². The number of rotatable bonds is 4. The third-order valence-corrected chi connectivity index (χ3v) is 3.73. The van der Waals surface area contributed by atoms with Gasteiger partial charge < -0.3 is 10.4 Å². The van der Waals surface area contributed by atoms with E-state index < -0.39 is 0 Å². The smallest absolute Gasteiger partial charge is 0.224 e. The molecule has 98 valence electrons. The Morgan fingerprint density at radius 1 is 1.17 bits per heavy atom. The van der Waals surface area contributed by atoms with Crippen molar-refractivity contribution in [1.29, 1.82) is 0 Å². The van der Waals surface area contributed by atoms with Gasteiger partial charge >= 0.3 is 0 Å². The largest absolute Gasteiger partial charge is 0.394 e. The summed E-state index contributed by atoms with van der Waals surface area (Å²) in [5.74, 6) is 0.0113. The van der Waals surface area contributed by atoms with Crippen LogP contribution < -0.4 is 5.32 Å². The summed E-state index contributed by atoms with van der Waals surface area (Å²) >= 11 is 0. The Morgan fingerprint density at radius 2 is 1.83 bits per heavy atom. The van der Waals surface area contributed by atoms with Crippen LogP contribution >= 0.6 is 0 Å². The van der Waals surface area contributed by atoms with Crippen molar-refractivity contribution in [3.63, 3.8) is 0 Å². The van der Waals surface area contributed by atoms with Crippen LogP contribution in [-0.2, 0) is 11.2 Å². The van der Waals surface area contributed by atoms with Crippen molar-refractivity contribution in [2.24, 2.45) is 0 Å². The molecule has 1 aliphatic carbocycles. The van der Waals surface area contributed by atoms with Crippen molar-refractivity contribution in [2.75, 3.05) is 6.61 Å². The molecule has 1 amide bonds. The number of hydrogen-bond acceptors (Lipinski definition) is 2. The van der Waals surface area contributed by atoms with E-state index in [4.69, 9.17) is 0 Å². The number of carbonyl (C=O) groups excluding carboxylic acids is 1. The Bertz CT molecular complexity index is 383. The monoisotopic (exact) mass is 247 g/mol. The van der Waals surface area contributed by atoms with E-state index in [0.717, 1.165) is 31.2 Å². The summed E-state index contributed by atoms with van der Waals surface area (Å²) in [4.78, 5) is 12.0. The Hall–Kier alpha value is -1.35. The molecule has 0 atom stereocenters. The number of aliphatic hydroxyl groups excluding tert-OH is 1. The highest BCUT2D eigenvalue weighted by Gasteiger charge is 2.32. The fraction of sp³-hybridized carbons (Fsp3) is 0.533. The number of hydrogen-bond donors (Lipinski definition) is 2. The van der Waals surface area contributed by atoms with Gasteiger partial charge in [-0.1, -0.05) is 49.6 Å². The van der Waals surface area contributed by atoms with Crippen LogP contribution in [0.25, 0.3) is 0 Å². The number of amides is 1. The molecular weight excluding hydrogens is 226 g/mol. The SMILES string of the molecule is O=C(Cc1ccccc1)NC1(CO)CCCCC1. The standard InChI is InChI=1S/C15H21NO2/c17-12-15(9-5-2-6-10-15)16-14(18)11-13-7-3-1-4-8-13/h1,3-4,7-8,17H,2,5-6,9-12H2,(H,16,18). The van der Waals surface area contributed by atoms with Crippen molar-refractivity contribution in [1.82, 2.24) is 5.32 Å². The van der Waals surface area contributed by atoms with Gasteiger partial charge in [0.25, 0.3) is 0 Å². The number of carbonyl (C=O) groups is 1. The van der Waals surface area contributed by atoms with E-state index in [9.17, 15) is 9.90 Å². The predicted molar refractivity (Wildman–Crippen MR) is 71.2 cm³/mol. The second-order valence-corrected chi connectivity index (χ2v) is 5.21. The molecule has 0 saturated heterocycles. The summed E-state index contributed by atoms with van der Waals surface area (Å²) in [6.45, 7) is 0.0491. The summed E-state index contributed by atoms with van der Waals surface area (Å²) in [5.41, 5.74) is 0.642. The molecule has 0 heterocycles. The molecule has 1 aliphatic rings. The van der Waals surface area contributed by atoms with E-state index in [0.29, 0.717) is 6.42 Å². The van der Waals surface area contributed by atoms with Crippen LogP contribution in [0.2, 0.25) is 0 Å². The first-order valence-electron chi connectivity index (χ1n) is 6.70. The van der Waals surface area contributed by atoms with Gasteiger partial charge in [0.05, 0.1) is 18.6 Å². The fourth-order valence-electron chi connectivity index (χ4n) is 2.67. The van der Waals surface area contributed by atoms with Gasteiger partial charge in [-0.3, -0.25) is 4.79 Å². The van der Waals surface area contributed by atoms with Crippen molar-refractivity contribution >= 4 is 5.91 Å². The Labute approximate surface area is 108 Å². The lowest BCUT2D eigenvalue weighted by Gasteiger charge is -2.36. The molecule has 2 rings (SSSR count). The lowest BCUT2D eigenvalue weighted by atomic mass is 9.82. The highest BCUT2D eigenvalue weighted by Crippen LogP contribution is 2.27. The van der Waals surface area contributed by atoms with Gasteiger partial charge in [0, 0.05) is 0 Å². The second-order valence-electron chi connectivity index (χ2n) is 5.21. The Morgan fingerprint density at radius 3 is 2.44 bits per heavy atom. The van der Waals surface area contributed by atoms with Gasteiger partial charge in [0.15, 0.2) is 0 Å². The molecule has 0 radical (unpaired) electrons. The summed E-state index contributed by atoms with van der Waals surface area (Å²) in [6, 6.07) is 9.71. The van der Waals surface area contributed by atoms with Crippen LogP contribution in [0.1, 0.15) is 37.7 Å².